The fourth-order valence-electron chi connectivity index (χ4n) is 5.52. The molecule has 0 spiro atoms. The molecule has 1 fully saturated rings. The summed E-state index contributed by atoms with van der Waals surface area (Å²) >= 11 is 0. The van der Waals surface area contributed by atoms with Gasteiger partial charge >= 0.3 is 0 Å². The molecule has 0 amide bonds. The number of ether oxygens (including phenoxy) is 1. The van der Waals surface area contributed by atoms with Crippen molar-refractivity contribution in [1.82, 2.24) is 9.97 Å². The molecule has 0 N–H and O–H groups in total. The van der Waals surface area contributed by atoms with Gasteiger partial charge in [0.1, 0.15) is 5.75 Å². The highest BCUT2D eigenvalue weighted by molar-refractivity contribution is 5.55. The van der Waals surface area contributed by atoms with Crippen molar-refractivity contribution in [1.29, 1.82) is 0 Å². The Morgan fingerprint density at radius 1 is 0.686 bits per heavy atom. The third-order valence-corrected chi connectivity index (χ3v) is 7.84. The lowest BCUT2D eigenvalue weighted by Gasteiger charge is -2.28. The van der Waals surface area contributed by atoms with Crippen LogP contribution in [0.5, 0.6) is 5.75 Å². The zero-order chi connectivity index (χ0) is 24.6. The summed E-state index contributed by atoms with van der Waals surface area (Å²) in [5.41, 5.74) is 2.33. The van der Waals surface area contributed by atoms with Crippen molar-refractivity contribution in [2.45, 2.75) is 123 Å². The lowest BCUT2D eigenvalue weighted by Crippen LogP contribution is -2.15. The molecule has 1 aromatic heterocycles. The number of rotatable bonds is 17. The van der Waals surface area contributed by atoms with Gasteiger partial charge in [-0.15, -0.1) is 0 Å². The van der Waals surface area contributed by atoms with Gasteiger partial charge in [0.15, 0.2) is 5.82 Å². The van der Waals surface area contributed by atoms with Crippen LogP contribution in [-0.2, 0) is 6.42 Å². The SMILES string of the molecule is CCCCCCCCCCCOc1ccc(-c2ncc(CCC3CCC(CCC)CC3)cn2)cc1. The predicted molar refractivity (Wildman–Crippen MR) is 149 cm³/mol. The summed E-state index contributed by atoms with van der Waals surface area (Å²) in [5.74, 6) is 3.63. The molecule has 1 heterocycles. The first kappa shape index (κ1) is 27.7. The molecule has 35 heavy (non-hydrogen) atoms. The number of nitrogens with zero attached hydrogens (tertiary/aromatic N) is 2. The molecule has 0 atom stereocenters. The molecule has 1 aromatic carbocycles. The molecule has 0 saturated heterocycles. The molecular weight excluding hydrogens is 428 g/mol. The van der Waals surface area contributed by atoms with Crippen LogP contribution < -0.4 is 4.74 Å². The monoisotopic (exact) mass is 478 g/mol. The van der Waals surface area contributed by atoms with Crippen LogP contribution in [0.15, 0.2) is 36.7 Å². The number of aromatic nitrogens is 2. The molecule has 3 rings (SSSR count). The highest BCUT2D eigenvalue weighted by atomic mass is 16.5. The van der Waals surface area contributed by atoms with E-state index in [0.29, 0.717) is 0 Å². The summed E-state index contributed by atoms with van der Waals surface area (Å²) in [6.45, 7) is 5.40. The normalized spacial score (nSPS) is 18.0. The minimum atomic E-state index is 0.805. The van der Waals surface area contributed by atoms with E-state index in [4.69, 9.17) is 4.74 Å². The van der Waals surface area contributed by atoms with Crippen molar-refractivity contribution in [2.24, 2.45) is 11.8 Å². The van der Waals surface area contributed by atoms with Gasteiger partial charge in [-0.25, -0.2) is 9.97 Å². The Kier molecular flexibility index (Phi) is 13.2. The number of benzene rings is 1. The van der Waals surface area contributed by atoms with E-state index >= 15 is 0 Å². The fraction of sp³-hybridized carbons (Fsp3) is 0.688. The molecular formula is C32H50N2O. The Morgan fingerprint density at radius 2 is 1.26 bits per heavy atom. The lowest BCUT2D eigenvalue weighted by atomic mass is 9.78. The third-order valence-electron chi connectivity index (χ3n) is 7.84. The van der Waals surface area contributed by atoms with E-state index in [1.807, 2.05) is 12.4 Å². The third kappa shape index (κ3) is 10.7. The topological polar surface area (TPSA) is 35.0 Å². The highest BCUT2D eigenvalue weighted by Gasteiger charge is 2.20. The van der Waals surface area contributed by atoms with Crippen LogP contribution >= 0.6 is 0 Å². The number of aryl methyl sites for hydroxylation is 1. The molecule has 3 heteroatoms. The Bertz CT molecular complexity index is 778. The molecule has 1 aliphatic rings. The van der Waals surface area contributed by atoms with Gasteiger partial charge < -0.3 is 4.74 Å². The smallest absolute Gasteiger partial charge is 0.159 e. The summed E-state index contributed by atoms with van der Waals surface area (Å²) in [7, 11) is 0. The van der Waals surface area contributed by atoms with Crippen LogP contribution in [0, 0.1) is 11.8 Å². The van der Waals surface area contributed by atoms with Crippen LogP contribution in [0.3, 0.4) is 0 Å². The van der Waals surface area contributed by atoms with Crippen LogP contribution in [0.1, 0.15) is 122 Å². The maximum Gasteiger partial charge on any atom is 0.159 e. The lowest BCUT2D eigenvalue weighted by molar-refractivity contribution is 0.252. The number of hydrogen-bond donors (Lipinski definition) is 0. The maximum absolute atomic E-state index is 5.94. The first-order valence-corrected chi connectivity index (χ1v) is 14.8. The van der Waals surface area contributed by atoms with E-state index in [1.54, 1.807) is 0 Å². The highest BCUT2D eigenvalue weighted by Crippen LogP contribution is 2.33. The Hall–Kier alpha value is -1.90. The average molecular weight is 479 g/mol. The van der Waals surface area contributed by atoms with Gasteiger partial charge in [-0.1, -0.05) is 104 Å². The standard InChI is InChI=1S/C32H50N2O/c1-3-5-6-7-8-9-10-11-12-24-35-31-22-20-30(21-23-31)32-33-25-29(26-34-32)19-18-28-16-14-27(13-4-2)15-17-28/h20-23,25-28H,3-19,24H2,1-2H3. The zero-order valence-electron chi connectivity index (χ0n) is 22.6. The van der Waals surface area contributed by atoms with Gasteiger partial charge in [-0.3, -0.25) is 0 Å². The molecule has 0 bridgehead atoms. The average Bonchev–Trinajstić information content (AvgIpc) is 2.90. The van der Waals surface area contributed by atoms with Crippen LogP contribution in [0.4, 0.5) is 0 Å². The largest absolute Gasteiger partial charge is 0.494 e. The molecule has 1 aliphatic carbocycles. The molecule has 0 aliphatic heterocycles. The van der Waals surface area contributed by atoms with Crippen molar-refractivity contribution < 1.29 is 4.74 Å². The van der Waals surface area contributed by atoms with E-state index in [0.717, 1.165) is 48.4 Å². The van der Waals surface area contributed by atoms with Crippen LogP contribution in [-0.4, -0.2) is 16.6 Å². The Morgan fingerprint density at radius 3 is 1.86 bits per heavy atom. The quantitative estimate of drug-likeness (QED) is 0.212. The molecule has 0 unspecified atom stereocenters. The van der Waals surface area contributed by atoms with Gasteiger partial charge in [-0.2, -0.15) is 0 Å². The van der Waals surface area contributed by atoms with Gasteiger partial charge in [-0.05, 0) is 60.9 Å². The van der Waals surface area contributed by atoms with Gasteiger partial charge in [0.25, 0.3) is 0 Å². The second-order valence-electron chi connectivity index (χ2n) is 10.8. The Balaban J connectivity index is 1.30. The molecule has 3 nitrogen and oxygen atoms in total. The summed E-state index contributed by atoms with van der Waals surface area (Å²) in [6, 6.07) is 8.26. The van der Waals surface area contributed by atoms with Crippen molar-refractivity contribution in [2.75, 3.05) is 6.61 Å². The first-order chi connectivity index (χ1) is 17.3. The predicted octanol–water partition coefficient (Wildman–Crippen LogP) is 9.59. The van der Waals surface area contributed by atoms with E-state index in [-0.39, 0.29) is 0 Å². The number of hydrogen-bond acceptors (Lipinski definition) is 3. The summed E-state index contributed by atoms with van der Waals surface area (Å²) in [5, 5.41) is 0. The van der Waals surface area contributed by atoms with Crippen molar-refractivity contribution in [3.05, 3.63) is 42.2 Å². The van der Waals surface area contributed by atoms with E-state index in [1.165, 1.54) is 102 Å². The van der Waals surface area contributed by atoms with Crippen LogP contribution in [0.2, 0.25) is 0 Å². The van der Waals surface area contributed by atoms with Crippen molar-refractivity contribution in [3.63, 3.8) is 0 Å². The second-order valence-corrected chi connectivity index (χ2v) is 10.8. The van der Waals surface area contributed by atoms with Gasteiger partial charge in [0.2, 0.25) is 0 Å². The molecule has 0 radical (unpaired) electrons. The maximum atomic E-state index is 5.94. The van der Waals surface area contributed by atoms with Gasteiger partial charge in [0, 0.05) is 18.0 Å². The second kappa shape index (κ2) is 16.7. The number of unbranched alkanes of at least 4 members (excludes halogenated alkanes) is 8. The van der Waals surface area contributed by atoms with E-state index < -0.39 is 0 Å². The van der Waals surface area contributed by atoms with E-state index in [9.17, 15) is 0 Å². The molecule has 194 valence electrons. The summed E-state index contributed by atoms with van der Waals surface area (Å²) in [4.78, 5) is 9.31. The van der Waals surface area contributed by atoms with Crippen LogP contribution in [0.25, 0.3) is 11.4 Å². The van der Waals surface area contributed by atoms with Crippen molar-refractivity contribution >= 4 is 0 Å². The first-order valence-electron chi connectivity index (χ1n) is 14.8. The zero-order valence-corrected chi connectivity index (χ0v) is 22.6. The molecule has 2 aromatic rings. The van der Waals surface area contributed by atoms with Gasteiger partial charge in [0.05, 0.1) is 6.61 Å². The van der Waals surface area contributed by atoms with E-state index in [2.05, 4.69) is 48.1 Å². The van der Waals surface area contributed by atoms with Crippen molar-refractivity contribution in [3.8, 4) is 17.1 Å². The Labute approximate surface area is 215 Å². The minimum Gasteiger partial charge on any atom is -0.494 e. The summed E-state index contributed by atoms with van der Waals surface area (Å²) < 4.78 is 5.94. The minimum absolute atomic E-state index is 0.805. The molecule has 1 saturated carbocycles. The fourth-order valence-corrected chi connectivity index (χ4v) is 5.52. The summed E-state index contributed by atoms with van der Waals surface area (Å²) in [6.07, 6.45) is 27.0.